The van der Waals surface area contributed by atoms with Gasteiger partial charge in [-0.1, -0.05) is 120 Å². The van der Waals surface area contributed by atoms with Gasteiger partial charge in [0, 0.05) is 91.4 Å². The Bertz CT molecular complexity index is 4220. The summed E-state index contributed by atoms with van der Waals surface area (Å²) in [4.78, 5) is 166. The number of carbonyl (C=O) groups is 12. The van der Waals surface area contributed by atoms with E-state index in [2.05, 4.69) is 82.0 Å². The number of nitrogens with one attached hydrogen (secondary N) is 7. The maximum absolute atomic E-state index is 14.6. The number of aliphatic carboxylic acids is 4. The van der Waals surface area contributed by atoms with Gasteiger partial charge >= 0.3 is 11.9 Å². The zero-order valence-electron chi connectivity index (χ0n) is 60.9. The topological polar surface area (TPSA) is 493 Å². The third-order valence-corrected chi connectivity index (χ3v) is 21.1. The van der Waals surface area contributed by atoms with Gasteiger partial charge in [0.25, 0.3) is 5.97 Å². The lowest BCUT2D eigenvalue weighted by Gasteiger charge is -2.30. The molecule has 31 nitrogen and oxygen atoms in total. The number of carboxylic acids is 4. The molecule has 4 aromatic rings. The molecule has 0 radical (unpaired) electrons. The summed E-state index contributed by atoms with van der Waals surface area (Å²) >= 11 is 0. The number of benzene rings is 4. The Hall–Kier alpha value is -10.6. The van der Waals surface area contributed by atoms with Crippen molar-refractivity contribution in [3.05, 3.63) is 132 Å². The van der Waals surface area contributed by atoms with E-state index in [9.17, 15) is 73.2 Å². The molecule has 17 N–H and O–H groups in total. The van der Waals surface area contributed by atoms with Gasteiger partial charge in [-0.3, -0.25) is 52.9 Å². The van der Waals surface area contributed by atoms with Gasteiger partial charge in [0.1, 0.15) is 42.3 Å². The molecule has 2 saturated heterocycles. The van der Waals surface area contributed by atoms with E-state index in [-0.39, 0.29) is 95.1 Å². The minimum atomic E-state index is -1.92. The number of allylic oxidation sites excluding steroid dienone is 8. The van der Waals surface area contributed by atoms with E-state index < -0.39 is 144 Å². The summed E-state index contributed by atoms with van der Waals surface area (Å²) in [7, 11) is 1.96. The Kier molecular flexibility index (Phi) is 31.2. The first kappa shape index (κ1) is 84.6. The van der Waals surface area contributed by atoms with Gasteiger partial charge in [-0.05, 0) is 111 Å². The van der Waals surface area contributed by atoms with Crippen molar-refractivity contribution in [2.24, 2.45) is 22.2 Å². The van der Waals surface area contributed by atoms with Gasteiger partial charge in [-0.15, -0.1) is 0 Å². The standard InChI is InChI=1S/C73H92N14O15S2.C2H4O2/c1-72(2)56(25-8-6-5-7-9-26-57-73(3,4)63-46-21-13-11-19-44(46)28-30-54(63)86(57)37-32-60(91)92)85(53-29-27-43-18-10-12-20-45(43)62(53)72)36-31-58(89)80-51-41-103-104-42-52(67(98)81-48(70(101)102)22-14-15-33-74)84-68(99)55-24-17-35-87(55)69(100)50(40-88)83-66(97)49(38-61(93)94)82-65(96)47(23-16-34-77-71(75)76)79-59(90)39-78-64(51)95;1-2(3)4/h5-13,18-21,25-30,47-52,55,88H,14-17,22-24,31-42,74H2,1-4H3,(H13-,75,76,77,78,79,80,81,82,83,84,89,90,91,92,93,94,95,96,97,98,99,101,102);1H3,(H,3,4)/t47-,48-,49-,50-,51+,52-,55-;/m0./s1. The Morgan fingerprint density at radius 2 is 1.39 bits per heavy atom. The Morgan fingerprint density at radius 3 is 2.05 bits per heavy atom. The Morgan fingerprint density at radius 1 is 0.750 bits per heavy atom. The smallest absolute Gasteiger partial charge is 0.326 e. The number of hydrogen-bond donors (Lipinski definition) is 14. The van der Waals surface area contributed by atoms with Crippen molar-refractivity contribution < 1.29 is 87.6 Å². The number of hydrogen-bond acceptors (Lipinski definition) is 19. The van der Waals surface area contributed by atoms with Crippen LogP contribution in [0.25, 0.3) is 21.5 Å². The summed E-state index contributed by atoms with van der Waals surface area (Å²) in [5.41, 5.74) is 21.3. The first-order valence-electron chi connectivity index (χ1n) is 35.4. The molecule has 0 unspecified atom stereocenters. The predicted molar refractivity (Wildman–Crippen MR) is 408 cm³/mol. The van der Waals surface area contributed by atoms with E-state index in [1.54, 1.807) is 0 Å². The van der Waals surface area contributed by atoms with Gasteiger partial charge in [-0.2, -0.15) is 4.58 Å². The normalized spacial score (nSPS) is 21.4. The number of anilines is 1. The molecule has 0 aromatic heterocycles. The summed E-state index contributed by atoms with van der Waals surface area (Å²) in [6.45, 7) is 8.15. The van der Waals surface area contributed by atoms with E-state index in [0.717, 1.165) is 88.9 Å². The second kappa shape index (κ2) is 39.8. The van der Waals surface area contributed by atoms with Crippen molar-refractivity contribution >= 4 is 137 Å². The highest BCUT2D eigenvalue weighted by Crippen LogP contribution is 2.51. The number of rotatable bonds is 25. The third-order valence-electron chi connectivity index (χ3n) is 18.6. The minimum Gasteiger partial charge on any atom is -0.550 e. The number of fused-ring (bicyclic) bond motifs is 7. The van der Waals surface area contributed by atoms with Crippen LogP contribution < -0.4 is 64.4 Å². The molecule has 33 heteroatoms. The highest BCUT2D eigenvalue weighted by molar-refractivity contribution is 8.76. The minimum absolute atomic E-state index is 0.0114. The molecule has 0 spiro atoms. The van der Waals surface area contributed by atoms with Crippen LogP contribution in [0.4, 0.5) is 11.4 Å². The number of aliphatic imine (C=N–C) groups is 1. The fourth-order valence-corrected chi connectivity index (χ4v) is 15.9. The number of amides is 8. The lowest BCUT2D eigenvalue weighted by atomic mass is 9.79. The summed E-state index contributed by atoms with van der Waals surface area (Å²) in [6.07, 6.45) is 12.9. The number of carboxylic acid groups (broad SMARTS) is 4. The average molecular weight is 1530 g/mol. The molecule has 4 aliphatic rings. The van der Waals surface area contributed by atoms with Crippen molar-refractivity contribution in [3.63, 3.8) is 0 Å². The summed E-state index contributed by atoms with van der Waals surface area (Å²) < 4.78 is 2.04. The lowest BCUT2D eigenvalue weighted by Crippen LogP contribution is -2.60. The van der Waals surface area contributed by atoms with Crippen molar-refractivity contribution in [1.29, 1.82) is 0 Å². The fourth-order valence-electron chi connectivity index (χ4n) is 13.5. The second-order valence-corrected chi connectivity index (χ2v) is 29.7. The predicted octanol–water partition coefficient (Wildman–Crippen LogP) is 1.49. The van der Waals surface area contributed by atoms with Crippen LogP contribution in [0.3, 0.4) is 0 Å². The summed E-state index contributed by atoms with van der Waals surface area (Å²) in [6, 6.07) is 13.3. The number of aliphatic hydroxyl groups is 1. The molecule has 108 heavy (non-hydrogen) atoms. The molecule has 0 saturated carbocycles. The summed E-state index contributed by atoms with van der Waals surface area (Å²) in [5, 5.41) is 71.4. The molecule has 7 atom stereocenters. The third kappa shape index (κ3) is 22.7. The molecule has 580 valence electrons. The number of nitrogens with two attached hydrogens (primary N) is 3. The van der Waals surface area contributed by atoms with Crippen LogP contribution in [0.5, 0.6) is 0 Å². The first-order valence-corrected chi connectivity index (χ1v) is 37.9. The molecule has 8 amide bonds. The van der Waals surface area contributed by atoms with E-state index in [1.165, 1.54) is 0 Å². The molecular formula is C75H96N14O17S2. The van der Waals surface area contributed by atoms with Crippen LogP contribution in [0.1, 0.15) is 110 Å². The van der Waals surface area contributed by atoms with Gasteiger partial charge in [-0.25, -0.2) is 4.79 Å². The van der Waals surface area contributed by atoms with Crippen molar-refractivity contribution in [3.8, 4) is 0 Å². The number of carbonyl (C=O) groups excluding carboxylic acids is 9. The van der Waals surface area contributed by atoms with Crippen LogP contribution in [-0.4, -0.2) is 212 Å². The second-order valence-electron chi connectivity index (χ2n) is 27.2. The van der Waals surface area contributed by atoms with E-state index in [1.807, 2.05) is 113 Å². The van der Waals surface area contributed by atoms with Gasteiger partial charge < -0.3 is 94.5 Å². The molecule has 4 aliphatic heterocycles. The Labute approximate surface area is 632 Å². The average Bonchev–Trinajstić information content (AvgIpc) is 1.58. The van der Waals surface area contributed by atoms with E-state index in [0.29, 0.717) is 12.8 Å². The zero-order valence-corrected chi connectivity index (χ0v) is 62.5. The maximum atomic E-state index is 14.6. The number of aliphatic hydroxyl groups excluding tert-OH is 1. The van der Waals surface area contributed by atoms with Gasteiger partial charge in [0.2, 0.25) is 52.9 Å². The molecule has 8 rings (SSSR count). The van der Waals surface area contributed by atoms with Crippen LogP contribution in [0.2, 0.25) is 0 Å². The lowest BCUT2D eigenvalue weighted by molar-refractivity contribution is -0.439. The SMILES string of the molecule is CC(=O)O.CC1(C)C(=CC=CC=CC=CC2=[N+](CCC(=O)[O-])c3ccc4ccccc4c3C2(C)C)N(CCC(=O)N[C@@H]2CSSC[C@@H](C(=O)N[C@@H](CCCCN)C(=O)O)NC(=O)[C@@H]3CCCN3C(=O)[C@H](CO)NC(=O)[C@H](CC(=O)O)NC(=O)[C@H](CCCN=C(N)N)NC(=O)CNC2=O)c2ccc3ccccc3c21. The quantitative estimate of drug-likeness (QED) is 0.0112. The highest BCUT2D eigenvalue weighted by atomic mass is 33.1. The largest absolute Gasteiger partial charge is 0.550 e. The van der Waals surface area contributed by atoms with Crippen molar-refractivity contribution in [1.82, 2.24) is 42.1 Å². The monoisotopic (exact) mass is 1530 g/mol. The molecule has 4 heterocycles. The van der Waals surface area contributed by atoms with Crippen LogP contribution in [-0.2, 0) is 68.4 Å². The van der Waals surface area contributed by atoms with Crippen LogP contribution >= 0.6 is 21.6 Å². The Balaban J connectivity index is 0.00000396. The maximum Gasteiger partial charge on any atom is 0.326 e. The van der Waals surface area contributed by atoms with Crippen LogP contribution in [0.15, 0.2) is 126 Å². The highest BCUT2D eigenvalue weighted by Gasteiger charge is 2.47. The van der Waals surface area contributed by atoms with Crippen molar-refractivity contribution in [2.75, 3.05) is 62.3 Å². The van der Waals surface area contributed by atoms with Crippen LogP contribution in [0, 0.1) is 0 Å². The molecular weight excluding hydrogens is 1430 g/mol. The van der Waals surface area contributed by atoms with E-state index >= 15 is 0 Å². The first-order chi connectivity index (χ1) is 51.4. The molecule has 2 fully saturated rings. The molecule has 0 aliphatic carbocycles. The summed E-state index contributed by atoms with van der Waals surface area (Å²) in [5.74, 6) is -13.2. The van der Waals surface area contributed by atoms with Gasteiger partial charge in [0.15, 0.2) is 18.2 Å². The van der Waals surface area contributed by atoms with E-state index in [4.69, 9.17) is 27.1 Å². The number of unbranched alkanes of at least 4 members (excludes halogenated alkanes) is 1. The molecule has 4 aromatic carbocycles. The van der Waals surface area contributed by atoms with Crippen molar-refractivity contribution in [2.45, 2.75) is 152 Å². The zero-order chi connectivity index (χ0) is 79.0. The fraction of sp³-hybridized carbons (Fsp3) is 0.440. The molecule has 0 bridgehead atoms. The van der Waals surface area contributed by atoms with Gasteiger partial charge in [0.05, 0.1) is 25.0 Å². The number of nitrogens with zero attached hydrogens (tertiary/aromatic N) is 4. The number of guanidine groups is 1.